The van der Waals surface area contributed by atoms with Gasteiger partial charge in [-0.15, -0.1) is 0 Å². The maximum Gasteiger partial charge on any atom is 0.255 e. The van der Waals surface area contributed by atoms with Crippen LogP contribution in [0.2, 0.25) is 5.02 Å². The highest BCUT2D eigenvalue weighted by molar-refractivity contribution is 6.32. The maximum atomic E-state index is 13.6. The highest BCUT2D eigenvalue weighted by atomic mass is 35.5. The molecule has 204 valence electrons. The molecule has 1 amide bonds. The van der Waals surface area contributed by atoms with Gasteiger partial charge in [-0.05, 0) is 55.4 Å². The Morgan fingerprint density at radius 1 is 1.15 bits per heavy atom. The molecule has 1 unspecified atom stereocenters. The third kappa shape index (κ3) is 4.04. The van der Waals surface area contributed by atoms with E-state index in [0.29, 0.717) is 22.7 Å². The number of primary amides is 1. The molecule has 2 aromatic carbocycles. The first-order chi connectivity index (χ1) is 18.3. The van der Waals surface area contributed by atoms with E-state index in [1.54, 1.807) is 0 Å². The average Bonchev–Trinajstić information content (AvgIpc) is 2.87. The molecule has 1 fully saturated rings. The van der Waals surface area contributed by atoms with Crippen LogP contribution in [0, 0.1) is 11.8 Å². The lowest BCUT2D eigenvalue weighted by Crippen LogP contribution is -2.58. The number of rotatable bonds is 5. The quantitative estimate of drug-likeness (QED) is 0.307. The number of aliphatic hydroxyl groups excluding tert-OH is 2. The second-order valence-electron chi connectivity index (χ2n) is 11.0. The van der Waals surface area contributed by atoms with E-state index in [9.17, 15) is 34.8 Å². The monoisotopic (exact) mass is 552 g/mol. The fourth-order valence-corrected chi connectivity index (χ4v) is 6.42. The fraction of sp³-hybridized carbons (Fsp3) is 0.345. The van der Waals surface area contributed by atoms with Crippen molar-refractivity contribution in [2.45, 2.75) is 50.8 Å². The van der Waals surface area contributed by atoms with Gasteiger partial charge in [0.25, 0.3) is 5.91 Å². The first-order valence-electron chi connectivity index (χ1n) is 12.6. The number of phenols is 1. The van der Waals surface area contributed by atoms with Crippen LogP contribution in [0.3, 0.4) is 0 Å². The van der Waals surface area contributed by atoms with Crippen LogP contribution >= 0.6 is 11.6 Å². The summed E-state index contributed by atoms with van der Waals surface area (Å²) in [4.78, 5) is 37.9. The topological polar surface area (TPSA) is 170 Å². The largest absolute Gasteiger partial charge is 0.508 e. The lowest BCUT2D eigenvalue weighted by molar-refractivity contribution is -0.147. The standard InChI is InChI=1S/C29H29ClN2O7/c1-28(2,15-6-4-3-5-7-15)32-12-14-10-18(33)21-17(23(14)30)9-13-8-16-11-19(34)22(27(31)38)26(37)29(16,39)25(36)20(13)24(21)35/h3-7,10,13,16,32-33,35,37,39H,8-9,11-12H2,1-2H3,(H2,31,38)/t13?,16-,29-/m0/s1. The van der Waals surface area contributed by atoms with Crippen molar-refractivity contribution in [3.8, 4) is 5.75 Å². The molecule has 3 aliphatic rings. The summed E-state index contributed by atoms with van der Waals surface area (Å²) in [5, 5.41) is 47.9. The molecular formula is C29H29ClN2O7. The molecule has 0 heterocycles. The molecule has 0 radical (unpaired) electrons. The van der Waals surface area contributed by atoms with Gasteiger partial charge in [0.15, 0.2) is 11.4 Å². The smallest absolute Gasteiger partial charge is 0.255 e. The third-order valence-corrected chi connectivity index (χ3v) is 8.76. The van der Waals surface area contributed by atoms with E-state index < -0.39 is 57.5 Å². The molecule has 0 saturated heterocycles. The number of aliphatic hydroxyl groups is 3. The van der Waals surface area contributed by atoms with Crippen LogP contribution in [0.25, 0.3) is 5.76 Å². The Hall–Kier alpha value is -3.66. The van der Waals surface area contributed by atoms with Gasteiger partial charge in [0, 0.05) is 35.0 Å². The summed E-state index contributed by atoms with van der Waals surface area (Å²) in [7, 11) is 0. The summed E-state index contributed by atoms with van der Waals surface area (Å²) >= 11 is 6.80. The SMILES string of the molecule is CC(C)(NCc1cc(O)c2c(c1Cl)CC1C[C@H]3CC(=O)C(C(N)=O)=C(O)[C@@]3(O)C(=O)C1=C2O)c1ccccc1. The number of Topliss-reactive ketones (excluding diaryl/α,β-unsaturated/α-hetero) is 2. The first kappa shape index (κ1) is 26.9. The van der Waals surface area contributed by atoms with Crippen LogP contribution in [0.5, 0.6) is 5.75 Å². The molecule has 0 aromatic heterocycles. The zero-order valence-electron chi connectivity index (χ0n) is 21.4. The van der Waals surface area contributed by atoms with Crippen molar-refractivity contribution in [1.82, 2.24) is 5.32 Å². The van der Waals surface area contributed by atoms with Crippen molar-refractivity contribution in [2.24, 2.45) is 17.6 Å². The number of halogens is 1. The number of aromatic hydroxyl groups is 1. The number of hydrogen-bond acceptors (Lipinski definition) is 8. The number of ketones is 2. The molecule has 3 aliphatic carbocycles. The number of carbonyl (C=O) groups is 3. The predicted octanol–water partition coefficient (Wildman–Crippen LogP) is 3.10. The maximum absolute atomic E-state index is 13.6. The Morgan fingerprint density at radius 2 is 1.82 bits per heavy atom. The van der Waals surface area contributed by atoms with Gasteiger partial charge in [-0.3, -0.25) is 14.4 Å². The number of benzene rings is 2. The highest BCUT2D eigenvalue weighted by Gasteiger charge is 2.60. The van der Waals surface area contributed by atoms with Gasteiger partial charge in [0.05, 0.1) is 5.56 Å². The molecule has 1 saturated carbocycles. The summed E-state index contributed by atoms with van der Waals surface area (Å²) in [6.07, 6.45) is -0.181. The fourth-order valence-electron chi connectivity index (χ4n) is 6.13. The van der Waals surface area contributed by atoms with Crippen molar-refractivity contribution in [2.75, 3.05) is 0 Å². The summed E-state index contributed by atoms with van der Waals surface area (Å²) in [5.41, 5.74) is 3.24. The first-order valence-corrected chi connectivity index (χ1v) is 13.0. The number of phenolic OH excluding ortho intramolecular Hbond substituents is 1. The van der Waals surface area contributed by atoms with E-state index >= 15 is 0 Å². The van der Waals surface area contributed by atoms with Crippen molar-refractivity contribution in [3.05, 3.63) is 80.6 Å². The molecule has 0 aliphatic heterocycles. The second-order valence-corrected chi connectivity index (χ2v) is 11.4. The van der Waals surface area contributed by atoms with Gasteiger partial charge in [-0.1, -0.05) is 41.9 Å². The molecule has 39 heavy (non-hydrogen) atoms. The van der Waals surface area contributed by atoms with Crippen molar-refractivity contribution in [3.63, 3.8) is 0 Å². The van der Waals surface area contributed by atoms with E-state index in [1.165, 1.54) is 6.07 Å². The van der Waals surface area contributed by atoms with Crippen LogP contribution in [0.15, 0.2) is 53.3 Å². The van der Waals surface area contributed by atoms with Gasteiger partial charge in [-0.2, -0.15) is 0 Å². The van der Waals surface area contributed by atoms with E-state index in [0.717, 1.165) is 5.56 Å². The van der Waals surface area contributed by atoms with Crippen LogP contribution in [-0.4, -0.2) is 43.5 Å². The molecule has 2 aromatic rings. The molecule has 5 rings (SSSR count). The summed E-state index contributed by atoms with van der Waals surface area (Å²) in [6.45, 7) is 4.33. The minimum atomic E-state index is -2.60. The molecule has 0 spiro atoms. The Kier molecular flexibility index (Phi) is 6.37. The Morgan fingerprint density at radius 3 is 2.46 bits per heavy atom. The summed E-state index contributed by atoms with van der Waals surface area (Å²) in [5.74, 6) is -6.71. The van der Waals surface area contributed by atoms with Gasteiger partial charge < -0.3 is 31.5 Å². The van der Waals surface area contributed by atoms with E-state index in [4.69, 9.17) is 17.3 Å². The zero-order chi connectivity index (χ0) is 28.4. The van der Waals surface area contributed by atoms with Crippen LogP contribution in [0.1, 0.15) is 48.9 Å². The Balaban J connectivity index is 1.54. The molecule has 10 heteroatoms. The number of nitrogens with one attached hydrogen (secondary N) is 1. The highest BCUT2D eigenvalue weighted by Crippen LogP contribution is 2.53. The third-order valence-electron chi connectivity index (χ3n) is 8.29. The van der Waals surface area contributed by atoms with E-state index in [2.05, 4.69) is 5.32 Å². The van der Waals surface area contributed by atoms with Gasteiger partial charge >= 0.3 is 0 Å². The second kappa shape index (κ2) is 9.22. The van der Waals surface area contributed by atoms with Crippen molar-refractivity contribution < 1.29 is 34.8 Å². The molecule has 3 atom stereocenters. The summed E-state index contributed by atoms with van der Waals surface area (Å²) < 4.78 is 0. The minimum Gasteiger partial charge on any atom is -0.508 e. The van der Waals surface area contributed by atoms with Crippen LogP contribution in [-0.2, 0) is 32.9 Å². The van der Waals surface area contributed by atoms with Crippen LogP contribution < -0.4 is 11.1 Å². The van der Waals surface area contributed by atoms with Crippen molar-refractivity contribution in [1.29, 1.82) is 0 Å². The van der Waals surface area contributed by atoms with Gasteiger partial charge in [0.2, 0.25) is 5.78 Å². The molecule has 9 nitrogen and oxygen atoms in total. The normalized spacial score (nSPS) is 24.8. The predicted molar refractivity (Wildman–Crippen MR) is 143 cm³/mol. The number of nitrogens with two attached hydrogens (primary N) is 1. The van der Waals surface area contributed by atoms with Gasteiger partial charge in [-0.25, -0.2) is 0 Å². The van der Waals surface area contributed by atoms with Crippen molar-refractivity contribution >= 4 is 34.8 Å². The Bertz CT molecular complexity index is 1490. The van der Waals surface area contributed by atoms with Gasteiger partial charge in [0.1, 0.15) is 22.8 Å². The summed E-state index contributed by atoms with van der Waals surface area (Å²) in [6, 6.07) is 11.2. The van der Waals surface area contributed by atoms with E-state index in [1.807, 2.05) is 44.2 Å². The van der Waals surface area contributed by atoms with Crippen LogP contribution in [0.4, 0.5) is 0 Å². The molecular weight excluding hydrogens is 524 g/mol. The minimum absolute atomic E-state index is 0.0294. The zero-order valence-corrected chi connectivity index (χ0v) is 22.2. The number of carbonyl (C=O) groups excluding carboxylic acids is 3. The lowest BCUT2D eigenvalue weighted by atomic mass is 9.59. The number of amides is 1. The number of fused-ring (bicyclic) bond motifs is 3. The lowest BCUT2D eigenvalue weighted by Gasteiger charge is -2.46. The molecule has 7 N–H and O–H groups in total. The molecule has 0 bridgehead atoms. The average molecular weight is 553 g/mol. The van der Waals surface area contributed by atoms with E-state index in [-0.39, 0.29) is 36.1 Å². The number of hydrogen-bond donors (Lipinski definition) is 6. The Labute approximate surface area is 229 Å².